The summed E-state index contributed by atoms with van der Waals surface area (Å²) < 4.78 is 52.0. The third-order valence-corrected chi connectivity index (χ3v) is 3.41. The van der Waals surface area contributed by atoms with E-state index in [-0.39, 0.29) is 10.4 Å². The van der Waals surface area contributed by atoms with Gasteiger partial charge in [0, 0.05) is 0 Å². The summed E-state index contributed by atoms with van der Waals surface area (Å²) in [6, 6.07) is 0. The highest BCUT2D eigenvalue weighted by Gasteiger charge is 2.26. The number of nitrogens with two attached hydrogens (primary N) is 1. The standard InChI is InChI=1S/C7H7BrF2N2O3S/c1-15-7-5(8)4(6(9)10)3(2-12-7)16(11,13)14/h2,6H,1H3,(H2,11,13,14). The van der Waals surface area contributed by atoms with Gasteiger partial charge in [-0.2, -0.15) is 0 Å². The van der Waals surface area contributed by atoms with Crippen LogP contribution in [0.1, 0.15) is 12.0 Å². The summed E-state index contributed by atoms with van der Waals surface area (Å²) in [4.78, 5) is 2.82. The number of hydrogen-bond acceptors (Lipinski definition) is 4. The van der Waals surface area contributed by atoms with E-state index >= 15 is 0 Å². The van der Waals surface area contributed by atoms with Gasteiger partial charge in [-0.15, -0.1) is 0 Å². The largest absolute Gasteiger partial charge is 0.480 e. The van der Waals surface area contributed by atoms with Crippen LogP contribution >= 0.6 is 15.9 Å². The first-order valence-electron chi connectivity index (χ1n) is 3.82. The highest BCUT2D eigenvalue weighted by atomic mass is 79.9. The van der Waals surface area contributed by atoms with Crippen molar-refractivity contribution in [2.45, 2.75) is 11.3 Å². The first-order valence-corrected chi connectivity index (χ1v) is 6.16. The third-order valence-electron chi connectivity index (χ3n) is 1.71. The third kappa shape index (κ3) is 2.47. The van der Waals surface area contributed by atoms with Gasteiger partial charge < -0.3 is 4.74 Å². The number of sulfonamides is 1. The van der Waals surface area contributed by atoms with Gasteiger partial charge in [-0.1, -0.05) is 0 Å². The summed E-state index contributed by atoms with van der Waals surface area (Å²) in [5, 5.41) is 4.79. The number of primary sulfonamides is 1. The van der Waals surface area contributed by atoms with Crippen molar-refractivity contribution in [1.29, 1.82) is 0 Å². The average molecular weight is 317 g/mol. The molecule has 0 bridgehead atoms. The van der Waals surface area contributed by atoms with Crippen LogP contribution < -0.4 is 9.88 Å². The lowest BCUT2D eigenvalue weighted by molar-refractivity contribution is 0.146. The number of hydrogen-bond donors (Lipinski definition) is 1. The number of ether oxygens (including phenoxy) is 1. The maximum Gasteiger partial charge on any atom is 0.266 e. The van der Waals surface area contributed by atoms with Gasteiger partial charge in [-0.05, 0) is 15.9 Å². The van der Waals surface area contributed by atoms with Crippen molar-refractivity contribution in [3.63, 3.8) is 0 Å². The van der Waals surface area contributed by atoms with E-state index in [0.29, 0.717) is 0 Å². The number of aromatic nitrogens is 1. The Hall–Kier alpha value is -0.800. The summed E-state index contributed by atoms with van der Waals surface area (Å²) in [5.74, 6) is -0.136. The monoisotopic (exact) mass is 316 g/mol. The molecule has 16 heavy (non-hydrogen) atoms. The molecule has 9 heteroatoms. The molecule has 0 aromatic carbocycles. The molecule has 0 aliphatic rings. The highest BCUT2D eigenvalue weighted by Crippen LogP contribution is 2.36. The van der Waals surface area contributed by atoms with Crippen LogP contribution in [-0.2, 0) is 10.0 Å². The van der Waals surface area contributed by atoms with Crippen molar-refractivity contribution in [2.24, 2.45) is 5.14 Å². The van der Waals surface area contributed by atoms with Gasteiger partial charge in [0.05, 0.1) is 23.3 Å². The molecule has 0 spiro atoms. The van der Waals surface area contributed by atoms with Crippen LogP contribution in [0.25, 0.3) is 0 Å². The molecule has 0 atom stereocenters. The number of alkyl halides is 2. The van der Waals surface area contributed by atoms with E-state index in [0.717, 1.165) is 6.20 Å². The minimum Gasteiger partial charge on any atom is -0.480 e. The van der Waals surface area contributed by atoms with E-state index < -0.39 is 26.9 Å². The molecule has 0 aliphatic heterocycles. The summed E-state index contributed by atoms with van der Waals surface area (Å²) in [7, 11) is -3.03. The van der Waals surface area contributed by atoms with Gasteiger partial charge in [0.1, 0.15) is 4.90 Å². The molecular formula is C7H7BrF2N2O3S. The molecular weight excluding hydrogens is 310 g/mol. The number of methoxy groups -OCH3 is 1. The second-order valence-corrected chi connectivity index (χ2v) is 5.03. The predicted molar refractivity (Wildman–Crippen MR) is 54.8 cm³/mol. The smallest absolute Gasteiger partial charge is 0.266 e. The maximum atomic E-state index is 12.7. The summed E-state index contributed by atoms with van der Waals surface area (Å²) in [5.41, 5.74) is -0.755. The minimum atomic E-state index is -4.25. The molecule has 0 amide bonds. The zero-order chi connectivity index (χ0) is 12.5. The second-order valence-electron chi connectivity index (χ2n) is 2.71. The van der Waals surface area contributed by atoms with Crippen molar-refractivity contribution in [3.05, 3.63) is 16.2 Å². The van der Waals surface area contributed by atoms with Crippen LogP contribution in [0, 0.1) is 0 Å². The Bertz CT molecular complexity index is 507. The number of halogens is 3. The zero-order valence-corrected chi connectivity index (χ0v) is 10.3. The van der Waals surface area contributed by atoms with Gasteiger partial charge >= 0.3 is 0 Å². The molecule has 1 heterocycles. The molecule has 0 fully saturated rings. The quantitative estimate of drug-likeness (QED) is 0.914. The first-order chi connectivity index (χ1) is 7.29. The van der Waals surface area contributed by atoms with Gasteiger partial charge in [-0.3, -0.25) is 0 Å². The van der Waals surface area contributed by atoms with Crippen molar-refractivity contribution < 1.29 is 21.9 Å². The molecule has 1 aromatic heterocycles. The summed E-state index contributed by atoms with van der Waals surface area (Å²) >= 11 is 2.80. The Labute approximate surface area is 98.8 Å². The molecule has 5 nitrogen and oxygen atoms in total. The Morgan fingerprint density at radius 2 is 2.12 bits per heavy atom. The minimum absolute atomic E-state index is 0.136. The van der Waals surface area contributed by atoms with Crippen molar-refractivity contribution in [1.82, 2.24) is 4.98 Å². The van der Waals surface area contributed by atoms with E-state index in [1.165, 1.54) is 7.11 Å². The van der Waals surface area contributed by atoms with Crippen molar-refractivity contribution in [2.75, 3.05) is 7.11 Å². The van der Waals surface area contributed by atoms with E-state index in [4.69, 9.17) is 5.14 Å². The lowest BCUT2D eigenvalue weighted by atomic mass is 10.3. The number of nitrogens with zero attached hydrogens (tertiary/aromatic N) is 1. The molecule has 0 radical (unpaired) electrons. The summed E-state index contributed by atoms with van der Waals surface area (Å²) in [6.07, 6.45) is -2.28. The maximum absolute atomic E-state index is 12.7. The van der Waals surface area contributed by atoms with Crippen molar-refractivity contribution in [3.8, 4) is 5.88 Å². The topological polar surface area (TPSA) is 82.3 Å². The second kappa shape index (κ2) is 4.60. The average Bonchev–Trinajstić information content (AvgIpc) is 2.15. The van der Waals surface area contributed by atoms with Crippen LogP contribution in [0.4, 0.5) is 8.78 Å². The molecule has 0 unspecified atom stereocenters. The Morgan fingerprint density at radius 3 is 2.50 bits per heavy atom. The Balaban J connectivity index is 3.60. The fraction of sp³-hybridized carbons (Fsp3) is 0.286. The van der Waals surface area contributed by atoms with Crippen LogP contribution in [0.2, 0.25) is 0 Å². The van der Waals surface area contributed by atoms with Gasteiger partial charge in [0.25, 0.3) is 6.43 Å². The van der Waals surface area contributed by atoms with Gasteiger partial charge in [-0.25, -0.2) is 27.3 Å². The van der Waals surface area contributed by atoms with Crippen LogP contribution in [0.3, 0.4) is 0 Å². The van der Waals surface area contributed by atoms with E-state index in [1.54, 1.807) is 0 Å². The van der Waals surface area contributed by atoms with E-state index in [2.05, 4.69) is 25.7 Å². The van der Waals surface area contributed by atoms with E-state index in [9.17, 15) is 17.2 Å². The van der Waals surface area contributed by atoms with E-state index in [1.807, 2.05) is 0 Å². The van der Waals surface area contributed by atoms with Crippen LogP contribution in [-0.4, -0.2) is 20.5 Å². The fourth-order valence-electron chi connectivity index (χ4n) is 1.04. The lowest BCUT2D eigenvalue weighted by Crippen LogP contribution is -2.16. The predicted octanol–water partition coefficient (Wildman–Crippen LogP) is 1.44. The SMILES string of the molecule is COc1ncc(S(N)(=O)=O)c(C(F)F)c1Br. The van der Waals surface area contributed by atoms with Crippen LogP contribution in [0.15, 0.2) is 15.6 Å². The first kappa shape index (κ1) is 13.3. The molecule has 0 saturated carbocycles. The van der Waals surface area contributed by atoms with Gasteiger partial charge in [0.15, 0.2) is 0 Å². The number of rotatable bonds is 3. The lowest BCUT2D eigenvalue weighted by Gasteiger charge is -2.11. The summed E-state index contributed by atoms with van der Waals surface area (Å²) in [6.45, 7) is 0. The molecule has 1 aromatic rings. The number of pyridine rings is 1. The van der Waals surface area contributed by atoms with Gasteiger partial charge in [0.2, 0.25) is 15.9 Å². The fourth-order valence-corrected chi connectivity index (χ4v) is 2.52. The Morgan fingerprint density at radius 1 is 1.56 bits per heavy atom. The molecule has 2 N–H and O–H groups in total. The Kier molecular flexibility index (Phi) is 3.81. The molecule has 0 saturated heterocycles. The van der Waals surface area contributed by atoms with Crippen molar-refractivity contribution >= 4 is 26.0 Å². The highest BCUT2D eigenvalue weighted by molar-refractivity contribution is 9.10. The molecule has 0 aliphatic carbocycles. The van der Waals surface area contributed by atoms with Crippen LogP contribution in [0.5, 0.6) is 5.88 Å². The zero-order valence-electron chi connectivity index (χ0n) is 7.95. The molecule has 90 valence electrons. The molecule has 1 rings (SSSR count). The normalized spacial score (nSPS) is 11.9.